The van der Waals surface area contributed by atoms with Crippen molar-refractivity contribution in [1.82, 2.24) is 9.78 Å². The molecule has 0 N–H and O–H groups in total. The molecule has 2 nitrogen and oxygen atoms in total. The van der Waals surface area contributed by atoms with Crippen molar-refractivity contribution >= 4 is 0 Å². The van der Waals surface area contributed by atoms with E-state index < -0.39 is 12.7 Å². The summed E-state index contributed by atoms with van der Waals surface area (Å²) in [7, 11) is 0. The van der Waals surface area contributed by atoms with E-state index in [1.165, 1.54) is 6.20 Å². The summed E-state index contributed by atoms with van der Waals surface area (Å²) in [5.74, 6) is 0.0600. The van der Waals surface area contributed by atoms with Crippen molar-refractivity contribution in [2.24, 2.45) is 0 Å². The van der Waals surface area contributed by atoms with Crippen LogP contribution in [0.25, 0.3) is 0 Å². The summed E-state index contributed by atoms with van der Waals surface area (Å²) in [6, 6.07) is 1.61. The molecule has 1 heterocycles. The maximum atomic E-state index is 12.0. The first-order chi connectivity index (χ1) is 6.90. The zero-order valence-electron chi connectivity index (χ0n) is 9.47. The summed E-state index contributed by atoms with van der Waals surface area (Å²) in [4.78, 5) is 0. The first-order valence-electron chi connectivity index (χ1n) is 4.98. The third kappa shape index (κ3) is 4.85. The van der Waals surface area contributed by atoms with E-state index in [4.69, 9.17) is 0 Å². The molecule has 0 aromatic carbocycles. The number of hydrogen-bond acceptors (Lipinski definition) is 1. The fourth-order valence-corrected chi connectivity index (χ4v) is 1.14. The van der Waals surface area contributed by atoms with Crippen molar-refractivity contribution in [3.8, 4) is 0 Å². The van der Waals surface area contributed by atoms with Crippen LogP contribution in [0.15, 0.2) is 12.3 Å². The Labute approximate surface area is 88.1 Å². The fraction of sp³-hybridized carbons (Fsp3) is 0.700. The van der Waals surface area contributed by atoms with Crippen LogP contribution in [0.4, 0.5) is 13.2 Å². The Morgan fingerprint density at radius 3 is 2.27 bits per heavy atom. The van der Waals surface area contributed by atoms with E-state index in [1.807, 2.05) is 27.7 Å². The summed E-state index contributed by atoms with van der Waals surface area (Å²) < 4.78 is 37.0. The second-order valence-corrected chi connectivity index (χ2v) is 3.18. The van der Waals surface area contributed by atoms with Crippen LogP contribution in [0.1, 0.15) is 39.3 Å². The molecule has 15 heavy (non-hydrogen) atoms. The molecule has 0 unspecified atom stereocenters. The number of aromatic nitrogens is 2. The van der Waals surface area contributed by atoms with Crippen molar-refractivity contribution < 1.29 is 13.2 Å². The number of halogens is 3. The lowest BCUT2D eigenvalue weighted by molar-refractivity contribution is -0.143. The lowest BCUT2D eigenvalue weighted by Crippen LogP contribution is -2.20. The van der Waals surface area contributed by atoms with Crippen molar-refractivity contribution in [3.05, 3.63) is 18.0 Å². The molecule has 1 aromatic rings. The van der Waals surface area contributed by atoms with Gasteiger partial charge in [0.15, 0.2) is 0 Å². The molecule has 0 atom stereocenters. The van der Waals surface area contributed by atoms with E-state index >= 15 is 0 Å². The van der Waals surface area contributed by atoms with E-state index in [1.54, 1.807) is 6.07 Å². The van der Waals surface area contributed by atoms with Crippen LogP contribution >= 0.6 is 0 Å². The Morgan fingerprint density at radius 2 is 1.87 bits per heavy atom. The van der Waals surface area contributed by atoms with Gasteiger partial charge in [-0.25, -0.2) is 0 Å². The quantitative estimate of drug-likeness (QED) is 0.747. The Morgan fingerprint density at radius 1 is 1.33 bits per heavy atom. The summed E-state index contributed by atoms with van der Waals surface area (Å²) >= 11 is 0. The minimum atomic E-state index is -4.20. The van der Waals surface area contributed by atoms with Gasteiger partial charge in [0.2, 0.25) is 0 Å². The lowest BCUT2D eigenvalue weighted by Gasteiger charge is -2.11. The molecule has 0 bridgehead atoms. The van der Waals surface area contributed by atoms with Crippen LogP contribution in [0.2, 0.25) is 0 Å². The molecule has 1 aromatic heterocycles. The predicted octanol–water partition coefficient (Wildman–Crippen LogP) is 3.60. The molecule has 0 saturated heterocycles. The maximum Gasteiger partial charge on any atom is 0.408 e. The SMILES string of the molecule is CC.CC(C)c1ccnn1CC(F)(F)F. The van der Waals surface area contributed by atoms with Gasteiger partial charge in [0, 0.05) is 11.9 Å². The lowest BCUT2D eigenvalue weighted by atomic mass is 10.1. The molecule has 0 aliphatic carbocycles. The topological polar surface area (TPSA) is 17.8 Å². The number of nitrogens with zero attached hydrogens (tertiary/aromatic N) is 2. The molecular formula is C10H17F3N2. The van der Waals surface area contributed by atoms with Crippen LogP contribution in [0, 0.1) is 0 Å². The molecule has 0 saturated carbocycles. The standard InChI is InChI=1S/C8H11F3N2.C2H6/c1-6(2)7-3-4-12-13(7)5-8(9,10)11;1-2/h3-4,6H,5H2,1-2H3;1-2H3. The van der Waals surface area contributed by atoms with Gasteiger partial charge in [-0.1, -0.05) is 27.7 Å². The Kier molecular flexibility index (Phi) is 5.39. The number of hydrogen-bond donors (Lipinski definition) is 0. The van der Waals surface area contributed by atoms with E-state index in [-0.39, 0.29) is 5.92 Å². The third-order valence-electron chi connectivity index (χ3n) is 1.67. The molecule has 0 amide bonds. The molecule has 0 spiro atoms. The summed E-state index contributed by atoms with van der Waals surface area (Å²) in [6.45, 7) is 6.67. The molecule has 0 aliphatic rings. The fourth-order valence-electron chi connectivity index (χ4n) is 1.14. The van der Waals surface area contributed by atoms with Gasteiger partial charge in [0.25, 0.3) is 0 Å². The molecule has 5 heteroatoms. The van der Waals surface area contributed by atoms with E-state index in [9.17, 15) is 13.2 Å². The van der Waals surface area contributed by atoms with Crippen molar-refractivity contribution in [2.75, 3.05) is 0 Å². The molecule has 0 radical (unpaired) electrons. The second kappa shape index (κ2) is 5.78. The van der Waals surface area contributed by atoms with Gasteiger partial charge < -0.3 is 0 Å². The van der Waals surface area contributed by atoms with Crippen LogP contribution in [0.3, 0.4) is 0 Å². The Hall–Kier alpha value is -1.00. The summed E-state index contributed by atoms with van der Waals surface area (Å²) in [5, 5.41) is 3.62. The first-order valence-corrected chi connectivity index (χ1v) is 4.98. The van der Waals surface area contributed by atoms with Crippen LogP contribution < -0.4 is 0 Å². The van der Waals surface area contributed by atoms with E-state index in [0.29, 0.717) is 5.69 Å². The third-order valence-corrected chi connectivity index (χ3v) is 1.67. The van der Waals surface area contributed by atoms with E-state index in [0.717, 1.165) is 4.68 Å². The van der Waals surface area contributed by atoms with Gasteiger partial charge in [-0.2, -0.15) is 18.3 Å². The summed E-state index contributed by atoms with van der Waals surface area (Å²) in [6.07, 6.45) is -2.81. The number of alkyl halides is 3. The minimum absolute atomic E-state index is 0.0600. The predicted molar refractivity (Wildman–Crippen MR) is 53.7 cm³/mol. The second-order valence-electron chi connectivity index (χ2n) is 3.18. The van der Waals surface area contributed by atoms with Crippen molar-refractivity contribution in [1.29, 1.82) is 0 Å². The van der Waals surface area contributed by atoms with Crippen LogP contribution in [0.5, 0.6) is 0 Å². The highest BCUT2D eigenvalue weighted by Crippen LogP contribution is 2.20. The molecule has 0 aliphatic heterocycles. The smallest absolute Gasteiger partial charge is 0.260 e. The average Bonchev–Trinajstić information content (AvgIpc) is 2.53. The van der Waals surface area contributed by atoms with Gasteiger partial charge >= 0.3 is 6.18 Å². The zero-order chi connectivity index (χ0) is 12.1. The molecule has 0 fully saturated rings. The highest BCUT2D eigenvalue weighted by atomic mass is 19.4. The first kappa shape index (κ1) is 14.0. The molecule has 1 rings (SSSR count). The Bertz CT molecular complexity index is 276. The Balaban J connectivity index is 0.000000921. The van der Waals surface area contributed by atoms with Crippen molar-refractivity contribution in [3.63, 3.8) is 0 Å². The average molecular weight is 222 g/mol. The van der Waals surface area contributed by atoms with Gasteiger partial charge in [-0.3, -0.25) is 4.68 Å². The summed E-state index contributed by atoms with van der Waals surface area (Å²) in [5.41, 5.74) is 0.609. The van der Waals surface area contributed by atoms with Gasteiger partial charge in [0.1, 0.15) is 6.54 Å². The minimum Gasteiger partial charge on any atom is -0.260 e. The number of rotatable bonds is 2. The van der Waals surface area contributed by atoms with E-state index in [2.05, 4.69) is 5.10 Å². The largest absolute Gasteiger partial charge is 0.408 e. The molecule has 88 valence electrons. The van der Waals surface area contributed by atoms with Crippen molar-refractivity contribution in [2.45, 2.75) is 46.3 Å². The maximum absolute atomic E-state index is 12.0. The highest BCUT2D eigenvalue weighted by Gasteiger charge is 2.29. The van der Waals surface area contributed by atoms with Crippen LogP contribution in [-0.4, -0.2) is 16.0 Å². The van der Waals surface area contributed by atoms with Gasteiger partial charge in [0.05, 0.1) is 0 Å². The normalized spacial score (nSPS) is 11.2. The molecular weight excluding hydrogens is 205 g/mol. The highest BCUT2D eigenvalue weighted by molar-refractivity contribution is 5.05. The zero-order valence-corrected chi connectivity index (χ0v) is 9.47. The van der Waals surface area contributed by atoms with Gasteiger partial charge in [-0.15, -0.1) is 0 Å². The van der Waals surface area contributed by atoms with Crippen LogP contribution in [-0.2, 0) is 6.54 Å². The monoisotopic (exact) mass is 222 g/mol. The van der Waals surface area contributed by atoms with Gasteiger partial charge in [-0.05, 0) is 12.0 Å².